The topological polar surface area (TPSA) is 105 Å². The summed E-state index contributed by atoms with van der Waals surface area (Å²) in [4.78, 5) is 20.8. The maximum absolute atomic E-state index is 10.4. The van der Waals surface area contributed by atoms with Gasteiger partial charge in [0.2, 0.25) is 0 Å². The quantitative estimate of drug-likeness (QED) is 0.354. The first kappa shape index (κ1) is 20.9. The number of nitrogens with one attached hydrogen (secondary N) is 1. The zero-order valence-electron chi connectivity index (χ0n) is 12.9. The molecule has 131 valence electrons. The van der Waals surface area contributed by atoms with E-state index in [0.717, 1.165) is 0 Å². The van der Waals surface area contributed by atoms with Crippen LogP contribution in [0.2, 0.25) is 0 Å². The number of phosphoric ester groups is 1. The fourth-order valence-corrected chi connectivity index (χ4v) is 2.17. The Kier molecular flexibility index (Phi) is 8.35. The molecule has 0 fully saturated rings. The van der Waals surface area contributed by atoms with Crippen molar-refractivity contribution in [3.05, 3.63) is 90.4 Å². The normalized spacial score (nSPS) is 12.0. The Morgan fingerprint density at radius 3 is 2.08 bits per heavy atom. The Balaban J connectivity index is 0.000000448. The predicted molar refractivity (Wildman–Crippen MR) is 88.3 cm³/mol. The van der Waals surface area contributed by atoms with Gasteiger partial charge < -0.3 is 29.3 Å². The van der Waals surface area contributed by atoms with Gasteiger partial charge in [0.1, 0.15) is 13.6 Å². The Labute approximate surface area is 156 Å². The molecule has 2 aromatic carbocycles. The Bertz CT molecular complexity index is 745. The number of rotatable bonds is 4. The molecular formula is C17H15FeNO5P. The average molecular weight is 400 g/mol. The van der Waals surface area contributed by atoms with Crippen LogP contribution in [0, 0.1) is 0 Å². The minimum Gasteiger partial charge on any atom is -0.780 e. The van der Waals surface area contributed by atoms with Crippen LogP contribution in [0.5, 0.6) is 5.75 Å². The molecule has 8 heteroatoms. The van der Waals surface area contributed by atoms with Gasteiger partial charge in [-0.25, -0.2) is 12.1 Å². The van der Waals surface area contributed by atoms with Crippen LogP contribution in [0.25, 0.3) is 0 Å². The van der Waals surface area contributed by atoms with Crippen LogP contribution in [-0.4, -0.2) is 5.11 Å². The van der Waals surface area contributed by atoms with E-state index in [9.17, 15) is 19.5 Å². The summed E-state index contributed by atoms with van der Waals surface area (Å²) in [5.41, 5.74) is 1.15. The number of allylic oxidation sites excluding steroid dienone is 5. The van der Waals surface area contributed by atoms with Crippen LogP contribution in [0.1, 0.15) is 0 Å². The van der Waals surface area contributed by atoms with Gasteiger partial charge in [0.25, 0.3) is 0 Å². The van der Waals surface area contributed by atoms with Crippen LogP contribution in [0.3, 0.4) is 0 Å². The van der Waals surface area contributed by atoms with E-state index in [0.29, 0.717) is 11.3 Å². The van der Waals surface area contributed by atoms with E-state index in [1.165, 1.54) is 24.3 Å². The molecule has 1 aliphatic carbocycles. The van der Waals surface area contributed by atoms with Gasteiger partial charge in [0, 0.05) is 11.3 Å². The van der Waals surface area contributed by atoms with Crippen molar-refractivity contribution in [1.29, 1.82) is 0 Å². The third-order valence-corrected chi connectivity index (χ3v) is 3.26. The van der Waals surface area contributed by atoms with Gasteiger partial charge in [-0.2, -0.15) is 18.2 Å². The van der Waals surface area contributed by atoms with Crippen LogP contribution >= 0.6 is 7.82 Å². The average Bonchev–Trinajstić information content (AvgIpc) is 3.24. The molecule has 2 aromatic rings. The Morgan fingerprint density at radius 1 is 1.08 bits per heavy atom. The van der Waals surface area contributed by atoms with E-state index in [4.69, 9.17) is 0 Å². The van der Waals surface area contributed by atoms with Gasteiger partial charge >= 0.3 is 17.1 Å². The SMILES string of the molecule is O=P([O-])([O-])Oc1ccc(NC(O)=C2C=CC=C2)cc1.[Fe+3].c1cc[cH-]c1. The van der Waals surface area contributed by atoms with Gasteiger partial charge in [-0.15, -0.1) is 0 Å². The minimum absolute atomic E-state index is 0. The summed E-state index contributed by atoms with van der Waals surface area (Å²) in [7, 11) is -5.04. The summed E-state index contributed by atoms with van der Waals surface area (Å²) in [6.45, 7) is 0. The smallest absolute Gasteiger partial charge is 0.780 e. The van der Waals surface area contributed by atoms with Gasteiger partial charge in [0.05, 0.1) is 0 Å². The first-order valence-corrected chi connectivity index (χ1v) is 8.43. The molecular weight excluding hydrogens is 385 g/mol. The van der Waals surface area contributed by atoms with Gasteiger partial charge in [-0.3, -0.25) is 0 Å². The summed E-state index contributed by atoms with van der Waals surface area (Å²) < 4.78 is 14.6. The maximum atomic E-state index is 10.4. The Hall–Kier alpha value is -2.14. The van der Waals surface area contributed by atoms with Crippen molar-refractivity contribution < 1.29 is 41.1 Å². The van der Waals surface area contributed by atoms with Crippen molar-refractivity contribution in [2.75, 3.05) is 5.32 Å². The fraction of sp³-hybridized carbons (Fsp3) is 0. The fourth-order valence-electron chi connectivity index (χ4n) is 1.79. The summed E-state index contributed by atoms with van der Waals surface area (Å²) in [6, 6.07) is 15.6. The largest absolute Gasteiger partial charge is 3.00 e. The molecule has 0 aromatic heterocycles. The van der Waals surface area contributed by atoms with E-state index >= 15 is 0 Å². The molecule has 0 spiro atoms. The van der Waals surface area contributed by atoms with Crippen LogP contribution in [-0.2, 0) is 21.6 Å². The van der Waals surface area contributed by atoms with Gasteiger partial charge in [0.15, 0.2) is 5.88 Å². The van der Waals surface area contributed by atoms with E-state index in [2.05, 4.69) is 9.84 Å². The number of aliphatic hydroxyl groups excluding tert-OH is 1. The number of hydrogen-bond donors (Lipinski definition) is 2. The molecule has 0 heterocycles. The molecule has 25 heavy (non-hydrogen) atoms. The number of benzene rings is 1. The second kappa shape index (κ2) is 9.99. The Morgan fingerprint density at radius 2 is 1.64 bits per heavy atom. The monoisotopic (exact) mass is 400 g/mol. The van der Waals surface area contributed by atoms with Gasteiger partial charge in [-0.05, 0) is 36.4 Å². The third kappa shape index (κ3) is 7.98. The number of anilines is 1. The summed E-state index contributed by atoms with van der Waals surface area (Å²) in [5, 5.41) is 12.5. The molecule has 0 saturated carbocycles. The van der Waals surface area contributed by atoms with E-state index < -0.39 is 7.82 Å². The molecule has 0 bridgehead atoms. The minimum atomic E-state index is -5.04. The van der Waals surface area contributed by atoms with Crippen molar-refractivity contribution >= 4 is 13.5 Å². The van der Waals surface area contributed by atoms with Crippen molar-refractivity contribution in [2.24, 2.45) is 0 Å². The molecule has 3 rings (SSSR count). The van der Waals surface area contributed by atoms with Crippen LogP contribution in [0.15, 0.2) is 90.4 Å². The first-order valence-electron chi connectivity index (χ1n) is 6.97. The van der Waals surface area contributed by atoms with Gasteiger partial charge in [-0.1, -0.05) is 12.2 Å². The second-order valence-electron chi connectivity index (χ2n) is 4.67. The number of phosphoric acid groups is 1. The standard InChI is InChI=1S/C12H12NO5P.C5H5.Fe/c14-12(9-3-1-2-4-9)13-10-5-7-11(8-6-10)18-19(15,16)17;1-2-4-5-3-1;/h1-8,13-14H,(H2,15,16,17);1-5H;/q;-1;+3/p-2. The molecule has 1 aliphatic rings. The number of aliphatic hydroxyl groups is 1. The first-order chi connectivity index (χ1) is 11.4. The zero-order valence-corrected chi connectivity index (χ0v) is 14.9. The van der Waals surface area contributed by atoms with E-state index in [-0.39, 0.29) is 28.7 Å². The molecule has 0 unspecified atom stereocenters. The molecule has 0 saturated heterocycles. The molecule has 6 nitrogen and oxygen atoms in total. The van der Waals surface area contributed by atoms with E-state index in [1.54, 1.807) is 24.3 Å². The molecule has 0 atom stereocenters. The molecule has 1 radical (unpaired) electrons. The summed E-state index contributed by atoms with van der Waals surface area (Å²) in [5.74, 6) is -0.108. The van der Waals surface area contributed by atoms with Crippen molar-refractivity contribution in [3.63, 3.8) is 0 Å². The van der Waals surface area contributed by atoms with Crippen LogP contribution in [0.4, 0.5) is 5.69 Å². The van der Waals surface area contributed by atoms with E-state index in [1.807, 2.05) is 30.3 Å². The number of hydrogen-bond acceptors (Lipinski definition) is 6. The van der Waals surface area contributed by atoms with Crippen molar-refractivity contribution in [2.45, 2.75) is 0 Å². The van der Waals surface area contributed by atoms with Crippen molar-refractivity contribution in [3.8, 4) is 5.75 Å². The summed E-state index contributed by atoms with van der Waals surface area (Å²) >= 11 is 0. The van der Waals surface area contributed by atoms with Crippen LogP contribution < -0.4 is 19.6 Å². The zero-order chi connectivity index (χ0) is 17.4. The predicted octanol–water partition coefficient (Wildman–Crippen LogP) is 2.60. The van der Waals surface area contributed by atoms with Crippen molar-refractivity contribution in [1.82, 2.24) is 0 Å². The second-order valence-corrected chi connectivity index (χ2v) is 5.75. The molecule has 0 amide bonds. The molecule has 0 aliphatic heterocycles. The molecule has 2 N–H and O–H groups in total. The third-order valence-electron chi connectivity index (χ3n) is 2.83. The maximum Gasteiger partial charge on any atom is 3.00 e. The summed E-state index contributed by atoms with van der Waals surface area (Å²) in [6.07, 6.45) is 7.02.